The molecule has 0 saturated carbocycles. The molecule has 0 radical (unpaired) electrons. The highest BCUT2D eigenvalue weighted by molar-refractivity contribution is 4.79. The first-order chi connectivity index (χ1) is 5.74. The molecule has 1 N–H and O–H groups in total. The average Bonchev–Trinajstić information content (AvgIpc) is 2.05. The maximum absolute atomic E-state index is 3.53. The maximum Gasteiger partial charge on any atom is 0.0195 e. The SMILES string of the molecule is CCNC1CCCN(C(C)C)C1. The van der Waals surface area contributed by atoms with E-state index in [0.717, 1.165) is 12.6 Å². The fourth-order valence-electron chi connectivity index (χ4n) is 1.93. The quantitative estimate of drug-likeness (QED) is 0.690. The number of hydrogen-bond donors (Lipinski definition) is 1. The fraction of sp³-hybridized carbons (Fsp3) is 1.00. The predicted molar refractivity (Wildman–Crippen MR) is 53.4 cm³/mol. The molecule has 0 aliphatic carbocycles. The van der Waals surface area contributed by atoms with Crippen molar-refractivity contribution in [2.24, 2.45) is 0 Å². The highest BCUT2D eigenvalue weighted by Crippen LogP contribution is 2.12. The van der Waals surface area contributed by atoms with Gasteiger partial charge in [-0.2, -0.15) is 0 Å². The third-order valence-corrected chi connectivity index (χ3v) is 2.68. The van der Waals surface area contributed by atoms with Gasteiger partial charge in [0.15, 0.2) is 0 Å². The van der Waals surface area contributed by atoms with Gasteiger partial charge in [-0.3, -0.25) is 4.90 Å². The van der Waals surface area contributed by atoms with Gasteiger partial charge in [-0.25, -0.2) is 0 Å². The number of likely N-dealkylation sites (N-methyl/N-ethyl adjacent to an activating group) is 1. The molecule has 0 aromatic rings. The molecule has 0 bridgehead atoms. The molecule has 1 unspecified atom stereocenters. The Morgan fingerprint density at radius 2 is 2.25 bits per heavy atom. The van der Waals surface area contributed by atoms with Gasteiger partial charge in [-0.05, 0) is 39.8 Å². The van der Waals surface area contributed by atoms with E-state index in [0.29, 0.717) is 6.04 Å². The monoisotopic (exact) mass is 170 g/mol. The van der Waals surface area contributed by atoms with Crippen LogP contribution in [0.2, 0.25) is 0 Å². The van der Waals surface area contributed by atoms with Gasteiger partial charge in [0.25, 0.3) is 0 Å². The molecule has 12 heavy (non-hydrogen) atoms. The lowest BCUT2D eigenvalue weighted by Gasteiger charge is -2.35. The van der Waals surface area contributed by atoms with E-state index < -0.39 is 0 Å². The van der Waals surface area contributed by atoms with Crippen molar-refractivity contribution in [2.75, 3.05) is 19.6 Å². The van der Waals surface area contributed by atoms with Gasteiger partial charge in [0.1, 0.15) is 0 Å². The van der Waals surface area contributed by atoms with Crippen LogP contribution in [0.5, 0.6) is 0 Å². The van der Waals surface area contributed by atoms with Gasteiger partial charge in [0, 0.05) is 18.6 Å². The minimum absolute atomic E-state index is 0.714. The van der Waals surface area contributed by atoms with Crippen LogP contribution >= 0.6 is 0 Å². The van der Waals surface area contributed by atoms with Crippen molar-refractivity contribution >= 4 is 0 Å². The molecule has 1 fully saturated rings. The van der Waals surface area contributed by atoms with Crippen LogP contribution in [0.1, 0.15) is 33.6 Å². The minimum atomic E-state index is 0.714. The number of hydrogen-bond acceptors (Lipinski definition) is 2. The molecule has 0 amide bonds. The predicted octanol–water partition coefficient (Wildman–Crippen LogP) is 1.47. The Morgan fingerprint density at radius 3 is 2.83 bits per heavy atom. The van der Waals surface area contributed by atoms with Crippen molar-refractivity contribution in [2.45, 2.75) is 45.7 Å². The first-order valence-electron chi connectivity index (χ1n) is 5.21. The summed E-state index contributed by atoms with van der Waals surface area (Å²) in [5.74, 6) is 0. The summed E-state index contributed by atoms with van der Waals surface area (Å²) in [5, 5.41) is 3.53. The highest BCUT2D eigenvalue weighted by Gasteiger charge is 2.20. The second-order valence-electron chi connectivity index (χ2n) is 3.99. The average molecular weight is 170 g/mol. The van der Waals surface area contributed by atoms with Crippen molar-refractivity contribution in [3.8, 4) is 0 Å². The van der Waals surface area contributed by atoms with Crippen LogP contribution in [0.4, 0.5) is 0 Å². The van der Waals surface area contributed by atoms with Crippen LogP contribution < -0.4 is 5.32 Å². The molecule has 72 valence electrons. The number of piperidine rings is 1. The molecule has 1 aliphatic heterocycles. The number of nitrogens with one attached hydrogen (secondary N) is 1. The Kier molecular flexibility index (Phi) is 4.02. The molecule has 0 aromatic heterocycles. The van der Waals surface area contributed by atoms with E-state index in [-0.39, 0.29) is 0 Å². The van der Waals surface area contributed by atoms with Crippen LogP contribution in [0.25, 0.3) is 0 Å². The first kappa shape index (κ1) is 10.0. The van der Waals surface area contributed by atoms with E-state index in [4.69, 9.17) is 0 Å². The number of nitrogens with zero attached hydrogens (tertiary/aromatic N) is 1. The van der Waals surface area contributed by atoms with E-state index in [2.05, 4.69) is 31.0 Å². The van der Waals surface area contributed by atoms with E-state index in [1.807, 2.05) is 0 Å². The molecule has 2 heteroatoms. The van der Waals surface area contributed by atoms with Gasteiger partial charge in [-0.1, -0.05) is 6.92 Å². The molecule has 1 aliphatic rings. The Labute approximate surface area is 76.3 Å². The maximum atomic E-state index is 3.53. The van der Waals surface area contributed by atoms with Gasteiger partial charge in [0.2, 0.25) is 0 Å². The third kappa shape index (κ3) is 2.76. The van der Waals surface area contributed by atoms with Crippen molar-refractivity contribution in [1.29, 1.82) is 0 Å². The van der Waals surface area contributed by atoms with Gasteiger partial charge in [-0.15, -0.1) is 0 Å². The molecule has 1 saturated heterocycles. The molecule has 1 heterocycles. The lowest BCUT2D eigenvalue weighted by molar-refractivity contribution is 0.155. The van der Waals surface area contributed by atoms with Gasteiger partial charge in [0.05, 0.1) is 0 Å². The number of rotatable bonds is 3. The standard InChI is InChI=1S/C10H22N2/c1-4-11-10-6-5-7-12(8-10)9(2)3/h9-11H,4-8H2,1-3H3. The zero-order valence-corrected chi connectivity index (χ0v) is 8.64. The van der Waals surface area contributed by atoms with Crippen molar-refractivity contribution in [1.82, 2.24) is 10.2 Å². The summed E-state index contributed by atoms with van der Waals surface area (Å²) in [6.07, 6.45) is 2.72. The van der Waals surface area contributed by atoms with E-state index in [9.17, 15) is 0 Å². The Bertz CT molecular complexity index is 121. The van der Waals surface area contributed by atoms with Crippen LogP contribution in [0, 0.1) is 0 Å². The largest absolute Gasteiger partial charge is 0.313 e. The van der Waals surface area contributed by atoms with Crippen molar-refractivity contribution in [3.63, 3.8) is 0 Å². The first-order valence-corrected chi connectivity index (χ1v) is 5.21. The Hall–Kier alpha value is -0.0800. The zero-order chi connectivity index (χ0) is 8.97. The minimum Gasteiger partial charge on any atom is -0.313 e. The highest BCUT2D eigenvalue weighted by atomic mass is 15.2. The normalized spacial score (nSPS) is 26.5. The third-order valence-electron chi connectivity index (χ3n) is 2.68. The van der Waals surface area contributed by atoms with Gasteiger partial charge < -0.3 is 5.32 Å². The summed E-state index contributed by atoms with van der Waals surface area (Å²) >= 11 is 0. The smallest absolute Gasteiger partial charge is 0.0195 e. The molecule has 1 rings (SSSR count). The van der Waals surface area contributed by atoms with Crippen LogP contribution in [0.3, 0.4) is 0 Å². The van der Waals surface area contributed by atoms with Crippen molar-refractivity contribution in [3.05, 3.63) is 0 Å². The molecule has 1 atom stereocenters. The lowest BCUT2D eigenvalue weighted by atomic mass is 10.0. The topological polar surface area (TPSA) is 15.3 Å². The summed E-state index contributed by atoms with van der Waals surface area (Å²) in [5.41, 5.74) is 0. The van der Waals surface area contributed by atoms with E-state index in [1.165, 1.54) is 25.9 Å². The summed E-state index contributed by atoms with van der Waals surface area (Å²) < 4.78 is 0. The molecule has 0 aromatic carbocycles. The molecule has 2 nitrogen and oxygen atoms in total. The molecular weight excluding hydrogens is 148 g/mol. The van der Waals surface area contributed by atoms with Crippen LogP contribution in [-0.4, -0.2) is 36.6 Å². The molecule has 0 spiro atoms. The van der Waals surface area contributed by atoms with Crippen LogP contribution in [-0.2, 0) is 0 Å². The van der Waals surface area contributed by atoms with Crippen LogP contribution in [0.15, 0.2) is 0 Å². The second-order valence-corrected chi connectivity index (χ2v) is 3.99. The Balaban J connectivity index is 2.30. The fourth-order valence-corrected chi connectivity index (χ4v) is 1.93. The second kappa shape index (κ2) is 4.83. The van der Waals surface area contributed by atoms with E-state index in [1.54, 1.807) is 0 Å². The molecular formula is C10H22N2. The lowest BCUT2D eigenvalue weighted by Crippen LogP contribution is -2.48. The van der Waals surface area contributed by atoms with E-state index >= 15 is 0 Å². The summed E-state index contributed by atoms with van der Waals surface area (Å²) in [6, 6.07) is 1.46. The number of likely N-dealkylation sites (tertiary alicyclic amines) is 1. The zero-order valence-electron chi connectivity index (χ0n) is 8.64. The van der Waals surface area contributed by atoms with Gasteiger partial charge >= 0.3 is 0 Å². The summed E-state index contributed by atoms with van der Waals surface area (Å²) in [6.45, 7) is 10.4. The summed E-state index contributed by atoms with van der Waals surface area (Å²) in [4.78, 5) is 2.57. The van der Waals surface area contributed by atoms with Crippen molar-refractivity contribution < 1.29 is 0 Å². The Morgan fingerprint density at radius 1 is 1.50 bits per heavy atom. The summed E-state index contributed by atoms with van der Waals surface area (Å²) in [7, 11) is 0.